The highest BCUT2D eigenvalue weighted by Crippen LogP contribution is 2.42. The molecule has 0 radical (unpaired) electrons. The minimum absolute atomic E-state index is 0.339. The van der Waals surface area contributed by atoms with Crippen LogP contribution in [-0.2, 0) is 0 Å². The van der Waals surface area contributed by atoms with Gasteiger partial charge in [0.1, 0.15) is 0 Å². The van der Waals surface area contributed by atoms with Crippen molar-refractivity contribution in [2.75, 3.05) is 14.2 Å². The molecular weight excluding hydrogens is 250 g/mol. The van der Waals surface area contributed by atoms with Gasteiger partial charge in [0, 0.05) is 6.04 Å². The number of methoxy groups -OCH3 is 1. The second kappa shape index (κ2) is 6.61. The van der Waals surface area contributed by atoms with E-state index in [0.717, 1.165) is 11.7 Å². The molecule has 1 aliphatic carbocycles. The number of nitrogens with zero attached hydrogens (tertiary/aromatic N) is 2. The Kier molecular flexibility index (Phi) is 5.08. The molecule has 0 amide bonds. The van der Waals surface area contributed by atoms with Crippen molar-refractivity contribution in [3.63, 3.8) is 0 Å². The van der Waals surface area contributed by atoms with Crippen LogP contribution < -0.4 is 10.1 Å². The second-order valence-electron chi connectivity index (χ2n) is 6.25. The molecule has 2 rings (SSSR count). The molecule has 1 saturated carbocycles. The minimum atomic E-state index is 0.339. The van der Waals surface area contributed by atoms with Crippen molar-refractivity contribution in [3.8, 4) is 5.75 Å². The van der Waals surface area contributed by atoms with Crippen LogP contribution in [0.25, 0.3) is 0 Å². The van der Waals surface area contributed by atoms with E-state index in [1.165, 1.54) is 31.4 Å². The summed E-state index contributed by atoms with van der Waals surface area (Å²) in [5.74, 6) is 2.49. The first-order valence-electron chi connectivity index (χ1n) is 7.90. The molecule has 3 atom stereocenters. The molecule has 20 heavy (non-hydrogen) atoms. The lowest BCUT2D eigenvalue weighted by Gasteiger charge is -2.26. The highest BCUT2D eigenvalue weighted by Gasteiger charge is 2.34. The number of aromatic nitrogens is 2. The first-order valence-corrected chi connectivity index (χ1v) is 7.90. The number of nitrogens with one attached hydrogen (secondary N) is 1. The first kappa shape index (κ1) is 15.4. The van der Waals surface area contributed by atoms with Crippen molar-refractivity contribution in [2.45, 2.75) is 58.5 Å². The number of hydrogen-bond acceptors (Lipinski definition) is 3. The van der Waals surface area contributed by atoms with Crippen LogP contribution in [0.4, 0.5) is 0 Å². The van der Waals surface area contributed by atoms with Gasteiger partial charge in [-0.1, -0.05) is 19.8 Å². The number of ether oxygens (including phenoxy) is 1. The van der Waals surface area contributed by atoms with Gasteiger partial charge < -0.3 is 10.1 Å². The van der Waals surface area contributed by atoms with Crippen LogP contribution in [0, 0.1) is 11.8 Å². The van der Waals surface area contributed by atoms with Gasteiger partial charge in [0.2, 0.25) is 0 Å². The summed E-state index contributed by atoms with van der Waals surface area (Å²) in [5, 5.41) is 8.04. The summed E-state index contributed by atoms with van der Waals surface area (Å²) in [5.41, 5.74) is 1.21. The Bertz CT molecular complexity index is 427. The smallest absolute Gasteiger partial charge is 0.161 e. The zero-order valence-electron chi connectivity index (χ0n) is 13.5. The zero-order valence-corrected chi connectivity index (χ0v) is 13.5. The van der Waals surface area contributed by atoms with E-state index in [-0.39, 0.29) is 0 Å². The molecule has 1 fully saturated rings. The quantitative estimate of drug-likeness (QED) is 0.865. The first-order chi connectivity index (χ1) is 9.62. The fourth-order valence-electron chi connectivity index (χ4n) is 3.60. The Morgan fingerprint density at radius 1 is 1.45 bits per heavy atom. The summed E-state index contributed by atoms with van der Waals surface area (Å²) < 4.78 is 7.66. The number of hydrogen-bond donors (Lipinski definition) is 1. The molecule has 1 aromatic rings. The third-order valence-corrected chi connectivity index (χ3v) is 4.74. The van der Waals surface area contributed by atoms with E-state index in [1.54, 1.807) is 7.11 Å². The molecule has 1 N–H and O–H groups in total. The van der Waals surface area contributed by atoms with Gasteiger partial charge in [0.05, 0.1) is 25.0 Å². The summed E-state index contributed by atoms with van der Waals surface area (Å²) in [6.07, 6.45) is 7.13. The van der Waals surface area contributed by atoms with E-state index < -0.39 is 0 Å². The molecule has 0 aromatic carbocycles. The van der Waals surface area contributed by atoms with Gasteiger partial charge >= 0.3 is 0 Å². The van der Waals surface area contributed by atoms with E-state index in [1.807, 2.05) is 6.20 Å². The van der Waals surface area contributed by atoms with Gasteiger partial charge in [0.25, 0.3) is 0 Å². The predicted molar refractivity (Wildman–Crippen MR) is 82.1 cm³/mol. The van der Waals surface area contributed by atoms with Gasteiger partial charge in [-0.25, -0.2) is 0 Å². The van der Waals surface area contributed by atoms with Crippen molar-refractivity contribution in [2.24, 2.45) is 11.8 Å². The minimum Gasteiger partial charge on any atom is -0.493 e. The molecule has 1 aliphatic rings. The molecule has 4 nitrogen and oxygen atoms in total. The maximum atomic E-state index is 5.55. The topological polar surface area (TPSA) is 39.1 Å². The van der Waals surface area contributed by atoms with Crippen molar-refractivity contribution in [3.05, 3.63) is 11.9 Å². The molecule has 0 aliphatic heterocycles. The second-order valence-corrected chi connectivity index (χ2v) is 6.25. The van der Waals surface area contributed by atoms with Crippen molar-refractivity contribution in [1.29, 1.82) is 0 Å². The molecule has 0 bridgehead atoms. The fourth-order valence-corrected chi connectivity index (χ4v) is 3.60. The van der Waals surface area contributed by atoms with Crippen LogP contribution in [0.1, 0.15) is 64.2 Å². The van der Waals surface area contributed by atoms with E-state index in [0.29, 0.717) is 18.0 Å². The van der Waals surface area contributed by atoms with Crippen LogP contribution in [-0.4, -0.2) is 23.9 Å². The fraction of sp³-hybridized carbons (Fsp3) is 0.812. The van der Waals surface area contributed by atoms with Gasteiger partial charge in [-0.2, -0.15) is 5.10 Å². The monoisotopic (exact) mass is 279 g/mol. The Morgan fingerprint density at radius 3 is 2.70 bits per heavy atom. The molecule has 1 heterocycles. The molecule has 0 spiro atoms. The Labute approximate surface area is 122 Å². The largest absolute Gasteiger partial charge is 0.493 e. The summed E-state index contributed by atoms with van der Waals surface area (Å²) in [6, 6.07) is 0.694. The standard InChI is InChI=1S/C16H29N3O/c1-6-12-7-8-13(9-12)15(17-4)16-14(20-5)10-18-19(16)11(2)3/h10-13,15,17H,6-9H2,1-5H3. The van der Waals surface area contributed by atoms with Crippen LogP contribution in [0.3, 0.4) is 0 Å². The van der Waals surface area contributed by atoms with Gasteiger partial charge in [-0.05, 0) is 45.6 Å². The average molecular weight is 279 g/mol. The molecule has 1 aromatic heterocycles. The Morgan fingerprint density at radius 2 is 2.20 bits per heavy atom. The lowest BCUT2D eigenvalue weighted by Crippen LogP contribution is -2.27. The zero-order chi connectivity index (χ0) is 14.7. The predicted octanol–water partition coefficient (Wildman–Crippen LogP) is 3.56. The maximum absolute atomic E-state index is 5.55. The molecule has 114 valence electrons. The van der Waals surface area contributed by atoms with Crippen molar-refractivity contribution in [1.82, 2.24) is 15.1 Å². The van der Waals surface area contributed by atoms with Gasteiger partial charge in [-0.15, -0.1) is 0 Å². The number of rotatable bonds is 6. The molecule has 4 heteroatoms. The van der Waals surface area contributed by atoms with Crippen LogP contribution in [0.5, 0.6) is 5.75 Å². The van der Waals surface area contributed by atoms with Crippen molar-refractivity contribution >= 4 is 0 Å². The highest BCUT2D eigenvalue weighted by atomic mass is 16.5. The lowest BCUT2D eigenvalue weighted by atomic mass is 9.93. The highest BCUT2D eigenvalue weighted by molar-refractivity contribution is 5.29. The van der Waals surface area contributed by atoms with E-state index in [9.17, 15) is 0 Å². The maximum Gasteiger partial charge on any atom is 0.161 e. The van der Waals surface area contributed by atoms with Crippen LogP contribution in [0.2, 0.25) is 0 Å². The van der Waals surface area contributed by atoms with E-state index in [2.05, 4.69) is 42.9 Å². The molecule has 3 unspecified atom stereocenters. The third-order valence-electron chi connectivity index (χ3n) is 4.74. The third kappa shape index (κ3) is 2.85. The van der Waals surface area contributed by atoms with Crippen LogP contribution >= 0.6 is 0 Å². The van der Waals surface area contributed by atoms with Crippen LogP contribution in [0.15, 0.2) is 6.20 Å². The SMILES string of the molecule is CCC1CCC(C(NC)c2c(OC)cnn2C(C)C)C1. The summed E-state index contributed by atoms with van der Waals surface area (Å²) >= 11 is 0. The summed E-state index contributed by atoms with van der Waals surface area (Å²) in [6.45, 7) is 6.65. The molecule has 0 saturated heterocycles. The van der Waals surface area contributed by atoms with E-state index >= 15 is 0 Å². The van der Waals surface area contributed by atoms with Crippen molar-refractivity contribution < 1.29 is 4.74 Å². The lowest BCUT2D eigenvalue weighted by molar-refractivity contribution is 0.325. The summed E-state index contributed by atoms with van der Waals surface area (Å²) in [7, 11) is 3.79. The van der Waals surface area contributed by atoms with Gasteiger partial charge in [-0.3, -0.25) is 4.68 Å². The summed E-state index contributed by atoms with van der Waals surface area (Å²) in [4.78, 5) is 0. The van der Waals surface area contributed by atoms with E-state index in [4.69, 9.17) is 4.74 Å². The normalized spacial score (nSPS) is 24.3. The molecular formula is C16H29N3O. The average Bonchev–Trinajstić information content (AvgIpc) is 3.06. The van der Waals surface area contributed by atoms with Gasteiger partial charge in [0.15, 0.2) is 5.75 Å². The Balaban J connectivity index is 2.29. The Hall–Kier alpha value is -1.03.